The Bertz CT molecular complexity index is 520. The van der Waals surface area contributed by atoms with Crippen molar-refractivity contribution < 1.29 is 12.8 Å². The van der Waals surface area contributed by atoms with Gasteiger partial charge in [-0.1, -0.05) is 25.4 Å². The van der Waals surface area contributed by atoms with Crippen LogP contribution in [0.5, 0.6) is 0 Å². The van der Waals surface area contributed by atoms with Crippen molar-refractivity contribution in [2.45, 2.75) is 26.3 Å². The number of benzene rings is 1. The van der Waals surface area contributed by atoms with Gasteiger partial charge in [0.15, 0.2) is 0 Å². The van der Waals surface area contributed by atoms with Crippen LogP contribution in [0.3, 0.4) is 0 Å². The molecule has 19 heavy (non-hydrogen) atoms. The zero-order valence-electron chi connectivity index (χ0n) is 10.9. The number of hydrogen-bond acceptors (Lipinski definition) is 3. The molecule has 0 saturated heterocycles. The molecule has 0 aliphatic carbocycles. The van der Waals surface area contributed by atoms with Crippen LogP contribution >= 0.6 is 11.6 Å². The van der Waals surface area contributed by atoms with Gasteiger partial charge in [0.05, 0.1) is 16.5 Å². The summed E-state index contributed by atoms with van der Waals surface area (Å²) in [6.45, 7) is 4.60. The highest BCUT2D eigenvalue weighted by atomic mass is 35.5. The van der Waals surface area contributed by atoms with Crippen molar-refractivity contribution >= 4 is 27.3 Å². The van der Waals surface area contributed by atoms with Crippen molar-refractivity contribution in [3.8, 4) is 0 Å². The second-order valence-electron chi connectivity index (χ2n) is 4.51. The third-order valence-electron chi connectivity index (χ3n) is 2.34. The molecule has 0 bridgehead atoms. The maximum absolute atomic E-state index is 12.8. The molecule has 0 amide bonds. The number of halogens is 2. The lowest BCUT2D eigenvalue weighted by Gasteiger charge is -2.11. The summed E-state index contributed by atoms with van der Waals surface area (Å²) in [5.41, 5.74) is 0.194. The smallest absolute Gasteiger partial charge is 0.232 e. The minimum absolute atomic E-state index is 0.0135. The Balaban J connectivity index is 2.54. The van der Waals surface area contributed by atoms with Crippen molar-refractivity contribution in [2.75, 3.05) is 17.0 Å². The summed E-state index contributed by atoms with van der Waals surface area (Å²) in [5, 5.41) is 3.18. The molecule has 0 aliphatic heterocycles. The van der Waals surface area contributed by atoms with Crippen LogP contribution in [0.25, 0.3) is 0 Å². The standard InChI is InChI=1S/C12H18ClFN2O2S/c1-9(2)15-6-3-7-19(17,18)16-12-5-4-10(14)8-11(12)13/h4-5,8-9,15-16H,3,6-7H2,1-2H3. The molecule has 1 rings (SSSR count). The van der Waals surface area contributed by atoms with Gasteiger partial charge in [0, 0.05) is 6.04 Å². The highest BCUT2D eigenvalue weighted by Gasteiger charge is 2.12. The predicted molar refractivity (Wildman–Crippen MR) is 76.6 cm³/mol. The summed E-state index contributed by atoms with van der Waals surface area (Å²) < 4.78 is 38.8. The lowest BCUT2D eigenvalue weighted by Crippen LogP contribution is -2.26. The van der Waals surface area contributed by atoms with Gasteiger partial charge in [-0.05, 0) is 31.2 Å². The molecular formula is C12H18ClFN2O2S. The Labute approximate surface area is 118 Å². The van der Waals surface area contributed by atoms with Crippen LogP contribution in [0.2, 0.25) is 5.02 Å². The molecule has 0 saturated carbocycles. The highest BCUT2D eigenvalue weighted by molar-refractivity contribution is 7.92. The van der Waals surface area contributed by atoms with E-state index in [1.165, 1.54) is 6.07 Å². The maximum Gasteiger partial charge on any atom is 0.232 e. The molecule has 7 heteroatoms. The first-order valence-corrected chi connectivity index (χ1v) is 8.02. The van der Waals surface area contributed by atoms with Crippen LogP contribution < -0.4 is 10.0 Å². The predicted octanol–water partition coefficient (Wildman–Crippen LogP) is 2.61. The van der Waals surface area contributed by atoms with Crippen molar-refractivity contribution in [3.05, 3.63) is 29.0 Å². The first-order chi connectivity index (χ1) is 8.80. The molecule has 0 radical (unpaired) electrons. The van der Waals surface area contributed by atoms with Gasteiger partial charge in [-0.15, -0.1) is 0 Å². The van der Waals surface area contributed by atoms with Gasteiger partial charge >= 0.3 is 0 Å². The fourth-order valence-corrected chi connectivity index (χ4v) is 2.85. The molecule has 1 aromatic carbocycles. The number of nitrogens with one attached hydrogen (secondary N) is 2. The summed E-state index contributed by atoms with van der Waals surface area (Å²) in [7, 11) is -3.46. The van der Waals surface area contributed by atoms with E-state index in [4.69, 9.17) is 11.6 Å². The zero-order chi connectivity index (χ0) is 14.5. The Hall–Kier alpha value is -0.850. The minimum atomic E-state index is -3.46. The van der Waals surface area contributed by atoms with Gasteiger partial charge in [-0.2, -0.15) is 0 Å². The molecule has 0 aliphatic rings. The normalized spacial score (nSPS) is 11.8. The van der Waals surface area contributed by atoms with E-state index in [1.807, 2.05) is 13.8 Å². The van der Waals surface area contributed by atoms with Crippen LogP contribution in [-0.2, 0) is 10.0 Å². The highest BCUT2D eigenvalue weighted by Crippen LogP contribution is 2.23. The minimum Gasteiger partial charge on any atom is -0.314 e. The van der Waals surface area contributed by atoms with E-state index in [0.717, 1.165) is 12.1 Å². The van der Waals surface area contributed by atoms with Gasteiger partial charge < -0.3 is 5.32 Å². The van der Waals surface area contributed by atoms with E-state index in [2.05, 4.69) is 10.0 Å². The second kappa shape index (κ2) is 7.07. The lowest BCUT2D eigenvalue weighted by molar-refractivity contribution is 0.571. The van der Waals surface area contributed by atoms with Crippen LogP contribution in [0, 0.1) is 5.82 Å². The summed E-state index contributed by atoms with van der Waals surface area (Å²) in [4.78, 5) is 0. The lowest BCUT2D eigenvalue weighted by atomic mass is 10.3. The van der Waals surface area contributed by atoms with Gasteiger partial charge in [0.1, 0.15) is 5.82 Å². The van der Waals surface area contributed by atoms with Gasteiger partial charge in [0.25, 0.3) is 0 Å². The Morgan fingerprint density at radius 1 is 1.37 bits per heavy atom. The van der Waals surface area contributed by atoms with E-state index in [0.29, 0.717) is 19.0 Å². The molecule has 1 aromatic rings. The number of anilines is 1. The molecule has 0 unspecified atom stereocenters. The summed E-state index contributed by atoms with van der Waals surface area (Å²) in [6, 6.07) is 3.85. The summed E-state index contributed by atoms with van der Waals surface area (Å²) in [6.07, 6.45) is 0.492. The SMILES string of the molecule is CC(C)NCCCS(=O)(=O)Nc1ccc(F)cc1Cl. The first-order valence-electron chi connectivity index (χ1n) is 5.99. The van der Waals surface area contributed by atoms with Gasteiger partial charge in [-0.3, -0.25) is 4.72 Å². The Kier molecular flexibility index (Phi) is 6.03. The van der Waals surface area contributed by atoms with Gasteiger partial charge in [0.2, 0.25) is 10.0 Å². The van der Waals surface area contributed by atoms with Crippen molar-refractivity contribution in [3.63, 3.8) is 0 Å². The Morgan fingerprint density at radius 3 is 2.63 bits per heavy atom. The molecule has 0 atom stereocenters. The molecular weight excluding hydrogens is 291 g/mol. The van der Waals surface area contributed by atoms with Crippen LogP contribution in [0.1, 0.15) is 20.3 Å². The molecule has 2 N–H and O–H groups in total. The number of rotatable bonds is 7. The second-order valence-corrected chi connectivity index (χ2v) is 6.76. The summed E-state index contributed by atoms with van der Waals surface area (Å²) in [5.74, 6) is -0.519. The van der Waals surface area contributed by atoms with Crippen molar-refractivity contribution in [1.82, 2.24) is 5.32 Å². The number of sulfonamides is 1. The number of hydrogen-bond donors (Lipinski definition) is 2. The third kappa shape index (κ3) is 6.22. The molecule has 0 heterocycles. The molecule has 0 spiro atoms. The van der Waals surface area contributed by atoms with Gasteiger partial charge in [-0.25, -0.2) is 12.8 Å². The average Bonchev–Trinajstić information content (AvgIpc) is 2.28. The molecule has 4 nitrogen and oxygen atoms in total. The van der Waals surface area contributed by atoms with Crippen LogP contribution in [0.4, 0.5) is 10.1 Å². The van der Waals surface area contributed by atoms with E-state index >= 15 is 0 Å². The maximum atomic E-state index is 12.8. The quantitative estimate of drug-likeness (QED) is 0.761. The zero-order valence-corrected chi connectivity index (χ0v) is 12.5. The molecule has 0 fully saturated rings. The summed E-state index contributed by atoms with van der Waals surface area (Å²) >= 11 is 5.76. The van der Waals surface area contributed by atoms with Crippen molar-refractivity contribution in [1.29, 1.82) is 0 Å². The van der Waals surface area contributed by atoms with Crippen LogP contribution in [-0.4, -0.2) is 26.8 Å². The fourth-order valence-electron chi connectivity index (χ4n) is 1.44. The first kappa shape index (κ1) is 16.2. The van der Waals surface area contributed by atoms with E-state index < -0.39 is 15.8 Å². The van der Waals surface area contributed by atoms with E-state index in [9.17, 15) is 12.8 Å². The molecule has 0 aromatic heterocycles. The van der Waals surface area contributed by atoms with Crippen LogP contribution in [0.15, 0.2) is 18.2 Å². The monoisotopic (exact) mass is 308 g/mol. The van der Waals surface area contributed by atoms with E-state index in [-0.39, 0.29) is 16.5 Å². The molecule has 108 valence electrons. The topological polar surface area (TPSA) is 58.2 Å². The third-order valence-corrected chi connectivity index (χ3v) is 4.01. The Morgan fingerprint density at radius 2 is 2.05 bits per heavy atom. The average molecular weight is 309 g/mol. The fraction of sp³-hybridized carbons (Fsp3) is 0.500. The van der Waals surface area contributed by atoms with Crippen molar-refractivity contribution in [2.24, 2.45) is 0 Å². The largest absolute Gasteiger partial charge is 0.314 e. The van der Waals surface area contributed by atoms with E-state index in [1.54, 1.807) is 0 Å².